The number of nitrogens with zero attached hydrogens (tertiary/aromatic N) is 4. The largest absolute Gasteiger partial charge is 1.00 e. The Labute approximate surface area is 175 Å². The van der Waals surface area contributed by atoms with Crippen LogP contribution in [0.4, 0.5) is 0 Å². The van der Waals surface area contributed by atoms with E-state index in [1.165, 1.54) is 0 Å². The van der Waals surface area contributed by atoms with Crippen LogP contribution in [-0.2, 0) is 6.54 Å². The topological polar surface area (TPSA) is 74.1 Å². The fourth-order valence-corrected chi connectivity index (χ4v) is 3.41. The normalized spacial score (nSPS) is 10.4. The molecule has 0 aliphatic heterocycles. The van der Waals surface area contributed by atoms with Gasteiger partial charge >= 0.3 is 0 Å². The highest BCUT2D eigenvalue weighted by atomic mass is 35.5. The summed E-state index contributed by atoms with van der Waals surface area (Å²) in [7, 11) is 3.29. The zero-order valence-corrected chi connectivity index (χ0v) is 17.4. The highest BCUT2D eigenvalue weighted by Gasteiger charge is 2.08. The number of nitrogens with one attached hydrogen (secondary N) is 1. The number of thioether (sulfide) groups is 1. The fourth-order valence-electron chi connectivity index (χ4n) is 2.58. The van der Waals surface area contributed by atoms with Crippen molar-refractivity contribution in [1.82, 2.24) is 25.5 Å². The molecule has 150 valence electrons. The average Bonchev–Trinajstić information content (AvgIpc) is 3.19. The Balaban J connectivity index is 0.00000280. The van der Waals surface area contributed by atoms with Crippen LogP contribution in [0.1, 0.15) is 12.0 Å². The van der Waals surface area contributed by atoms with Crippen molar-refractivity contribution >= 4 is 11.8 Å². The molecule has 1 N–H and O–H groups in total. The van der Waals surface area contributed by atoms with Gasteiger partial charge in [0.1, 0.15) is 0 Å². The molecule has 1 aromatic heterocycles. The molecule has 3 aromatic rings. The standard InChI is InChI=1S/C19H23N5O2S.ClH/c1-25-17-10-9-15(13-18(17)26-2)14-20-11-6-12-27-19-21-22-23-24(19)16-7-4-3-5-8-16;/h3-5,7-10,13,20H,6,11-12,14H2,1-2H3;1H/p-1. The Morgan fingerprint density at radius 1 is 1.04 bits per heavy atom. The zero-order chi connectivity index (χ0) is 18.9. The molecule has 0 spiro atoms. The minimum Gasteiger partial charge on any atom is -1.00 e. The van der Waals surface area contributed by atoms with Crippen LogP contribution in [0.25, 0.3) is 5.69 Å². The summed E-state index contributed by atoms with van der Waals surface area (Å²) in [6.07, 6.45) is 1.01. The van der Waals surface area contributed by atoms with Crippen molar-refractivity contribution in [3.05, 3.63) is 54.1 Å². The minimum absolute atomic E-state index is 0. The van der Waals surface area contributed by atoms with Crippen LogP contribution in [0.15, 0.2) is 53.7 Å². The van der Waals surface area contributed by atoms with Crippen molar-refractivity contribution in [2.45, 2.75) is 18.1 Å². The van der Waals surface area contributed by atoms with Crippen LogP contribution >= 0.6 is 11.8 Å². The molecule has 0 unspecified atom stereocenters. The van der Waals surface area contributed by atoms with Crippen LogP contribution in [0.5, 0.6) is 11.5 Å². The van der Waals surface area contributed by atoms with E-state index in [4.69, 9.17) is 9.47 Å². The summed E-state index contributed by atoms with van der Waals surface area (Å²) in [4.78, 5) is 0. The number of halogens is 1. The Morgan fingerprint density at radius 3 is 2.57 bits per heavy atom. The first-order valence-corrected chi connectivity index (χ1v) is 9.68. The lowest BCUT2D eigenvalue weighted by Crippen LogP contribution is -3.00. The molecule has 0 atom stereocenters. The highest BCUT2D eigenvalue weighted by molar-refractivity contribution is 7.99. The second-order valence-electron chi connectivity index (χ2n) is 5.78. The molecular weight excluding hydrogens is 398 g/mol. The molecule has 0 saturated carbocycles. The Bertz CT molecular complexity index is 847. The lowest BCUT2D eigenvalue weighted by molar-refractivity contribution is -0.00000615. The van der Waals surface area contributed by atoms with Crippen LogP contribution in [-0.4, -0.2) is 46.7 Å². The molecule has 0 saturated heterocycles. The van der Waals surface area contributed by atoms with Gasteiger partial charge in [-0.05, 0) is 53.2 Å². The van der Waals surface area contributed by atoms with Gasteiger partial charge in [-0.2, -0.15) is 4.68 Å². The van der Waals surface area contributed by atoms with E-state index in [1.807, 2.05) is 48.5 Å². The van der Waals surface area contributed by atoms with E-state index in [-0.39, 0.29) is 12.4 Å². The van der Waals surface area contributed by atoms with Gasteiger partial charge in [0.05, 0.1) is 19.9 Å². The summed E-state index contributed by atoms with van der Waals surface area (Å²) < 4.78 is 12.4. The van der Waals surface area contributed by atoms with E-state index in [0.29, 0.717) is 0 Å². The molecule has 0 fully saturated rings. The summed E-state index contributed by atoms with van der Waals surface area (Å²) in [6, 6.07) is 15.9. The number of hydrogen-bond acceptors (Lipinski definition) is 7. The summed E-state index contributed by atoms with van der Waals surface area (Å²) >= 11 is 1.66. The molecule has 2 aromatic carbocycles. The van der Waals surface area contributed by atoms with Gasteiger partial charge in [-0.15, -0.1) is 5.10 Å². The summed E-state index contributed by atoms with van der Waals surface area (Å²) in [5.41, 5.74) is 2.13. The van der Waals surface area contributed by atoms with E-state index in [1.54, 1.807) is 30.7 Å². The maximum absolute atomic E-state index is 5.33. The average molecular weight is 421 g/mol. The van der Waals surface area contributed by atoms with Gasteiger partial charge < -0.3 is 27.2 Å². The molecule has 3 rings (SSSR count). The van der Waals surface area contributed by atoms with Gasteiger partial charge in [0, 0.05) is 12.3 Å². The second-order valence-corrected chi connectivity index (χ2v) is 6.84. The molecule has 7 nitrogen and oxygen atoms in total. The number of para-hydroxylation sites is 1. The maximum Gasteiger partial charge on any atom is 0.214 e. The van der Waals surface area contributed by atoms with Crippen LogP contribution < -0.4 is 27.2 Å². The minimum atomic E-state index is 0. The Kier molecular flexibility index (Phi) is 9.06. The molecule has 0 amide bonds. The van der Waals surface area contributed by atoms with Gasteiger partial charge in [0.15, 0.2) is 11.5 Å². The van der Waals surface area contributed by atoms with Crippen LogP contribution in [0.3, 0.4) is 0 Å². The Morgan fingerprint density at radius 2 is 1.82 bits per heavy atom. The smallest absolute Gasteiger partial charge is 0.214 e. The predicted octanol–water partition coefficient (Wildman–Crippen LogP) is -0.0445. The van der Waals surface area contributed by atoms with Crippen molar-refractivity contribution in [2.24, 2.45) is 0 Å². The van der Waals surface area contributed by atoms with Gasteiger partial charge in [0.25, 0.3) is 0 Å². The molecule has 0 bridgehead atoms. The van der Waals surface area contributed by atoms with Gasteiger partial charge in [-0.1, -0.05) is 36.0 Å². The first-order chi connectivity index (χ1) is 13.3. The van der Waals surface area contributed by atoms with Gasteiger partial charge in [-0.3, -0.25) is 0 Å². The zero-order valence-electron chi connectivity index (χ0n) is 15.8. The Hall–Kier alpha value is -2.29. The summed E-state index contributed by atoms with van der Waals surface area (Å²) in [6.45, 7) is 1.70. The van der Waals surface area contributed by atoms with E-state index in [2.05, 4.69) is 20.8 Å². The third-order valence-corrected chi connectivity index (χ3v) is 4.95. The number of benzene rings is 2. The predicted molar refractivity (Wildman–Crippen MR) is 106 cm³/mol. The van der Waals surface area contributed by atoms with Gasteiger partial charge in [0.2, 0.25) is 5.16 Å². The molecule has 9 heteroatoms. The number of hydrogen-bond donors (Lipinski definition) is 1. The lowest BCUT2D eigenvalue weighted by atomic mass is 10.2. The van der Waals surface area contributed by atoms with Crippen molar-refractivity contribution in [1.29, 1.82) is 0 Å². The number of ether oxygens (including phenoxy) is 2. The van der Waals surface area contributed by atoms with E-state index < -0.39 is 0 Å². The quantitative estimate of drug-likeness (QED) is 0.364. The van der Waals surface area contributed by atoms with E-state index in [9.17, 15) is 0 Å². The summed E-state index contributed by atoms with van der Waals surface area (Å²) in [5.74, 6) is 2.43. The van der Waals surface area contributed by atoms with Crippen molar-refractivity contribution in [2.75, 3.05) is 26.5 Å². The maximum atomic E-state index is 5.33. The SMILES string of the molecule is COc1ccc(CNCCCSc2nnnn2-c2ccccc2)cc1OC.[Cl-]. The molecule has 1 heterocycles. The molecule has 28 heavy (non-hydrogen) atoms. The van der Waals surface area contributed by atoms with Crippen molar-refractivity contribution in [3.63, 3.8) is 0 Å². The van der Waals surface area contributed by atoms with Crippen molar-refractivity contribution < 1.29 is 21.9 Å². The number of methoxy groups -OCH3 is 2. The van der Waals surface area contributed by atoms with E-state index in [0.717, 1.165) is 53.2 Å². The summed E-state index contributed by atoms with van der Waals surface area (Å²) in [5, 5.41) is 16.2. The fraction of sp³-hybridized carbons (Fsp3) is 0.316. The number of tetrazole rings is 1. The second kappa shape index (κ2) is 11.5. The third-order valence-electron chi connectivity index (χ3n) is 3.95. The van der Waals surface area contributed by atoms with Crippen molar-refractivity contribution in [3.8, 4) is 17.2 Å². The third kappa shape index (κ3) is 5.85. The number of rotatable bonds is 10. The van der Waals surface area contributed by atoms with E-state index >= 15 is 0 Å². The first-order valence-electron chi connectivity index (χ1n) is 8.70. The lowest BCUT2D eigenvalue weighted by Gasteiger charge is -2.10. The highest BCUT2D eigenvalue weighted by Crippen LogP contribution is 2.27. The monoisotopic (exact) mass is 420 g/mol. The number of aromatic nitrogens is 4. The van der Waals surface area contributed by atoms with Crippen LogP contribution in [0.2, 0.25) is 0 Å². The van der Waals surface area contributed by atoms with Crippen LogP contribution in [0, 0.1) is 0 Å². The molecular formula is C19H23ClN5O2S-. The van der Waals surface area contributed by atoms with Gasteiger partial charge in [-0.25, -0.2) is 0 Å². The molecule has 0 radical (unpaired) electrons. The first kappa shape index (κ1) is 22.0. The molecule has 0 aliphatic rings. The molecule has 0 aliphatic carbocycles.